The number of benzene rings is 1. The Labute approximate surface area is 127 Å². The van der Waals surface area contributed by atoms with Crippen LogP contribution in [0, 0.1) is 0 Å². The largest absolute Gasteiger partial charge is 0.508 e. The summed E-state index contributed by atoms with van der Waals surface area (Å²) in [6.07, 6.45) is 2.04. The summed E-state index contributed by atoms with van der Waals surface area (Å²) in [4.78, 5) is 0. The van der Waals surface area contributed by atoms with Crippen molar-refractivity contribution >= 4 is 0 Å². The molecule has 0 radical (unpaired) electrons. The van der Waals surface area contributed by atoms with Crippen molar-refractivity contribution in [2.45, 2.75) is 25.6 Å². The van der Waals surface area contributed by atoms with E-state index in [0.717, 1.165) is 5.56 Å². The van der Waals surface area contributed by atoms with Crippen molar-refractivity contribution in [1.82, 2.24) is 0 Å². The van der Waals surface area contributed by atoms with Crippen LogP contribution in [0.1, 0.15) is 29.0 Å². The lowest BCUT2D eigenvalue weighted by Gasteiger charge is -2.24. The number of phenols is 1. The summed E-state index contributed by atoms with van der Waals surface area (Å²) in [5.74, 6) is -0.474. The fourth-order valence-electron chi connectivity index (χ4n) is 2.69. The molecule has 6 heteroatoms. The Kier molecular flexibility index (Phi) is 5.20. The standard InChI is InChI=1S/C16H20O6/c17-5-11-1-9(2-12(6-18)15(11)21)10-3-13(7-19)16(22)14(4-10)8-20/h1-3,10,17-22H,4-8H2. The summed E-state index contributed by atoms with van der Waals surface area (Å²) < 4.78 is 0. The van der Waals surface area contributed by atoms with Crippen LogP contribution in [0.15, 0.2) is 35.1 Å². The molecule has 6 nitrogen and oxygen atoms in total. The van der Waals surface area contributed by atoms with Gasteiger partial charge >= 0.3 is 0 Å². The van der Waals surface area contributed by atoms with Crippen molar-refractivity contribution in [3.8, 4) is 5.75 Å². The number of aliphatic hydroxyl groups is 5. The van der Waals surface area contributed by atoms with Crippen LogP contribution in [0.25, 0.3) is 0 Å². The second-order valence-electron chi connectivity index (χ2n) is 5.27. The lowest BCUT2D eigenvalue weighted by molar-refractivity contribution is 0.263. The Morgan fingerprint density at radius 2 is 1.45 bits per heavy atom. The van der Waals surface area contributed by atoms with E-state index < -0.39 is 0 Å². The summed E-state index contributed by atoms with van der Waals surface area (Å²) in [6, 6.07) is 3.23. The highest BCUT2D eigenvalue weighted by Gasteiger charge is 2.23. The van der Waals surface area contributed by atoms with E-state index in [2.05, 4.69) is 0 Å². The molecule has 0 amide bonds. The molecule has 0 saturated heterocycles. The average Bonchev–Trinajstić information content (AvgIpc) is 2.55. The van der Waals surface area contributed by atoms with Crippen LogP contribution in [-0.4, -0.2) is 43.9 Å². The Morgan fingerprint density at radius 3 is 1.91 bits per heavy atom. The Bertz CT molecular complexity index is 592. The molecule has 1 atom stereocenters. The fraction of sp³-hybridized carbons (Fsp3) is 0.375. The Hall–Kier alpha value is -1.86. The van der Waals surface area contributed by atoms with Crippen molar-refractivity contribution < 1.29 is 30.6 Å². The quantitative estimate of drug-likeness (QED) is 0.473. The monoisotopic (exact) mass is 308 g/mol. The van der Waals surface area contributed by atoms with E-state index in [-0.39, 0.29) is 43.9 Å². The third-order valence-corrected chi connectivity index (χ3v) is 3.93. The molecule has 1 aliphatic carbocycles. The van der Waals surface area contributed by atoms with Gasteiger partial charge in [0, 0.05) is 22.6 Å². The van der Waals surface area contributed by atoms with Gasteiger partial charge in [0.2, 0.25) is 0 Å². The number of aromatic hydroxyl groups is 1. The van der Waals surface area contributed by atoms with Crippen molar-refractivity contribution in [3.05, 3.63) is 51.8 Å². The van der Waals surface area contributed by atoms with Crippen LogP contribution >= 0.6 is 0 Å². The maximum Gasteiger partial charge on any atom is 0.126 e. The second-order valence-corrected chi connectivity index (χ2v) is 5.27. The zero-order valence-electron chi connectivity index (χ0n) is 12.0. The minimum Gasteiger partial charge on any atom is -0.508 e. The second kappa shape index (κ2) is 6.93. The van der Waals surface area contributed by atoms with E-state index in [4.69, 9.17) is 0 Å². The molecule has 120 valence electrons. The number of hydrogen-bond donors (Lipinski definition) is 6. The lowest BCUT2D eigenvalue weighted by Crippen LogP contribution is -2.13. The van der Waals surface area contributed by atoms with E-state index in [1.54, 1.807) is 18.2 Å². The molecule has 0 fully saturated rings. The first-order valence-corrected chi connectivity index (χ1v) is 6.95. The van der Waals surface area contributed by atoms with Crippen molar-refractivity contribution in [3.63, 3.8) is 0 Å². The molecule has 6 N–H and O–H groups in total. The van der Waals surface area contributed by atoms with Gasteiger partial charge in [0.25, 0.3) is 0 Å². The van der Waals surface area contributed by atoms with Crippen molar-refractivity contribution in [2.75, 3.05) is 13.2 Å². The van der Waals surface area contributed by atoms with E-state index in [1.807, 2.05) is 0 Å². The number of aliphatic hydroxyl groups excluding tert-OH is 5. The molecule has 1 aliphatic rings. The van der Waals surface area contributed by atoms with Crippen LogP contribution in [0.3, 0.4) is 0 Å². The average molecular weight is 308 g/mol. The molecule has 0 spiro atoms. The fourth-order valence-corrected chi connectivity index (χ4v) is 2.69. The molecule has 22 heavy (non-hydrogen) atoms. The van der Waals surface area contributed by atoms with Gasteiger partial charge in [-0.15, -0.1) is 0 Å². The molecule has 0 aromatic heterocycles. The normalized spacial score (nSPS) is 18.5. The van der Waals surface area contributed by atoms with E-state index in [0.29, 0.717) is 28.7 Å². The van der Waals surface area contributed by atoms with E-state index in [1.165, 1.54) is 0 Å². The highest BCUT2D eigenvalue weighted by molar-refractivity contribution is 5.48. The third-order valence-electron chi connectivity index (χ3n) is 3.93. The van der Waals surface area contributed by atoms with Gasteiger partial charge in [-0.2, -0.15) is 0 Å². The van der Waals surface area contributed by atoms with Crippen LogP contribution in [-0.2, 0) is 13.2 Å². The first-order valence-electron chi connectivity index (χ1n) is 6.95. The van der Waals surface area contributed by atoms with E-state index >= 15 is 0 Å². The summed E-state index contributed by atoms with van der Waals surface area (Å²) >= 11 is 0. The number of rotatable bonds is 5. The van der Waals surface area contributed by atoms with Gasteiger partial charge in [-0.3, -0.25) is 0 Å². The molecule has 0 bridgehead atoms. The molecule has 1 aromatic rings. The van der Waals surface area contributed by atoms with Gasteiger partial charge < -0.3 is 30.6 Å². The smallest absolute Gasteiger partial charge is 0.126 e. The van der Waals surface area contributed by atoms with Gasteiger partial charge in [0.05, 0.1) is 26.4 Å². The third kappa shape index (κ3) is 3.00. The minimum atomic E-state index is -0.371. The minimum absolute atomic E-state index is 0.0928. The van der Waals surface area contributed by atoms with Gasteiger partial charge in [-0.25, -0.2) is 0 Å². The molecule has 1 aromatic carbocycles. The first kappa shape index (κ1) is 16.5. The van der Waals surface area contributed by atoms with Crippen molar-refractivity contribution in [2.24, 2.45) is 0 Å². The molecule has 2 rings (SSSR count). The van der Waals surface area contributed by atoms with Crippen LogP contribution in [0.5, 0.6) is 5.75 Å². The number of hydrogen-bond acceptors (Lipinski definition) is 6. The predicted octanol–water partition coefficient (Wildman–Crippen LogP) is 0.587. The molecule has 0 saturated carbocycles. The van der Waals surface area contributed by atoms with Gasteiger partial charge in [-0.1, -0.05) is 6.08 Å². The van der Waals surface area contributed by atoms with Gasteiger partial charge in [0.1, 0.15) is 11.5 Å². The van der Waals surface area contributed by atoms with Crippen LogP contribution in [0.2, 0.25) is 0 Å². The topological polar surface area (TPSA) is 121 Å². The maximum absolute atomic E-state index is 9.91. The van der Waals surface area contributed by atoms with Gasteiger partial charge in [0.15, 0.2) is 0 Å². The summed E-state index contributed by atoms with van der Waals surface area (Å²) in [6.45, 7) is -1.42. The Morgan fingerprint density at radius 1 is 0.864 bits per heavy atom. The Balaban J connectivity index is 2.47. The molecule has 0 aliphatic heterocycles. The lowest BCUT2D eigenvalue weighted by atomic mass is 9.83. The summed E-state index contributed by atoms with van der Waals surface area (Å²) in [5.41, 5.74) is 2.05. The number of allylic oxidation sites excluding steroid dienone is 1. The first-order chi connectivity index (χ1) is 10.5. The molecular weight excluding hydrogens is 288 g/mol. The highest BCUT2D eigenvalue weighted by atomic mass is 16.3. The predicted molar refractivity (Wildman–Crippen MR) is 79.2 cm³/mol. The van der Waals surface area contributed by atoms with Crippen LogP contribution < -0.4 is 0 Å². The molecule has 0 heterocycles. The zero-order chi connectivity index (χ0) is 16.3. The summed E-state index contributed by atoms with van der Waals surface area (Å²) in [5, 5.41) is 57.1. The zero-order valence-corrected chi connectivity index (χ0v) is 12.0. The van der Waals surface area contributed by atoms with E-state index in [9.17, 15) is 30.6 Å². The highest BCUT2D eigenvalue weighted by Crippen LogP contribution is 2.36. The van der Waals surface area contributed by atoms with Gasteiger partial charge in [-0.05, 0) is 29.7 Å². The van der Waals surface area contributed by atoms with Crippen molar-refractivity contribution in [1.29, 1.82) is 0 Å². The molecular formula is C16H20O6. The summed E-state index contributed by atoms with van der Waals surface area (Å²) in [7, 11) is 0. The molecule has 1 unspecified atom stereocenters. The maximum atomic E-state index is 9.91. The van der Waals surface area contributed by atoms with Crippen LogP contribution in [0.4, 0.5) is 0 Å². The SMILES string of the molecule is OCC1=CC(c2cc(CO)c(O)c(CO)c2)CC(CO)=C1O.